The zero-order valence-electron chi connectivity index (χ0n) is 9.58. The lowest BCUT2D eigenvalue weighted by atomic mass is 10.2. The summed E-state index contributed by atoms with van der Waals surface area (Å²) >= 11 is 15.3. The van der Waals surface area contributed by atoms with Crippen LogP contribution in [0.1, 0.15) is 10.4 Å². The summed E-state index contributed by atoms with van der Waals surface area (Å²) in [5.41, 5.74) is 6.90. The molecule has 0 unspecified atom stereocenters. The van der Waals surface area contributed by atoms with Crippen LogP contribution in [0.15, 0.2) is 40.9 Å². The number of carbonyl (C=O) groups excluding carboxylic acids is 1. The highest BCUT2D eigenvalue weighted by Gasteiger charge is 2.13. The summed E-state index contributed by atoms with van der Waals surface area (Å²) in [5.74, 6) is -0.364. The Hall–Kier alpha value is -1.23. The monoisotopic (exact) mass is 358 g/mol. The molecule has 19 heavy (non-hydrogen) atoms. The van der Waals surface area contributed by atoms with Crippen LogP contribution >= 0.6 is 39.1 Å². The quantitative estimate of drug-likeness (QED) is 0.770. The fourth-order valence-corrected chi connectivity index (χ4v) is 2.52. The summed E-state index contributed by atoms with van der Waals surface area (Å²) in [5, 5.41) is 3.38. The number of anilines is 2. The van der Waals surface area contributed by atoms with E-state index < -0.39 is 0 Å². The van der Waals surface area contributed by atoms with Crippen molar-refractivity contribution in [1.82, 2.24) is 0 Å². The molecule has 0 bridgehead atoms. The minimum atomic E-state index is -0.364. The second-order valence-corrected chi connectivity index (χ2v) is 5.51. The van der Waals surface area contributed by atoms with Gasteiger partial charge in [-0.2, -0.15) is 0 Å². The Labute approximate surface area is 128 Å². The Bertz CT molecular complexity index is 626. The van der Waals surface area contributed by atoms with Gasteiger partial charge in [-0.25, -0.2) is 0 Å². The third kappa shape index (κ3) is 3.21. The molecule has 0 aliphatic heterocycles. The topological polar surface area (TPSA) is 55.1 Å². The van der Waals surface area contributed by atoms with E-state index in [9.17, 15) is 4.79 Å². The molecule has 3 nitrogen and oxygen atoms in total. The molecular weight excluding hydrogens is 351 g/mol. The molecule has 0 saturated carbocycles. The van der Waals surface area contributed by atoms with E-state index in [1.165, 1.54) is 0 Å². The smallest absolute Gasteiger partial charge is 0.257 e. The first-order valence-electron chi connectivity index (χ1n) is 5.29. The van der Waals surface area contributed by atoms with Crippen molar-refractivity contribution >= 4 is 56.4 Å². The predicted octanol–water partition coefficient (Wildman–Crippen LogP) is 4.59. The van der Waals surface area contributed by atoms with Gasteiger partial charge in [0.05, 0.1) is 27.0 Å². The Balaban J connectivity index is 2.31. The number of carbonyl (C=O) groups is 1. The van der Waals surface area contributed by atoms with Crippen LogP contribution in [-0.2, 0) is 0 Å². The number of nitrogens with one attached hydrogen (secondary N) is 1. The average Bonchev–Trinajstić information content (AvgIpc) is 2.33. The molecule has 2 aromatic rings. The summed E-state index contributed by atoms with van der Waals surface area (Å²) in [6, 6.07) is 10.0. The van der Waals surface area contributed by atoms with Crippen molar-refractivity contribution in [3.05, 3.63) is 56.5 Å². The van der Waals surface area contributed by atoms with Crippen LogP contribution in [-0.4, -0.2) is 5.91 Å². The van der Waals surface area contributed by atoms with Crippen molar-refractivity contribution in [3.8, 4) is 0 Å². The van der Waals surface area contributed by atoms with Gasteiger partial charge in [0.25, 0.3) is 5.91 Å². The molecule has 98 valence electrons. The van der Waals surface area contributed by atoms with E-state index in [4.69, 9.17) is 28.9 Å². The van der Waals surface area contributed by atoms with Crippen LogP contribution in [0.25, 0.3) is 0 Å². The number of nitrogens with two attached hydrogens (primary N) is 1. The van der Waals surface area contributed by atoms with Crippen molar-refractivity contribution in [1.29, 1.82) is 0 Å². The molecular formula is C13H9BrCl2N2O. The van der Waals surface area contributed by atoms with E-state index in [1.807, 2.05) is 0 Å². The number of benzene rings is 2. The minimum absolute atomic E-state index is 0.345. The van der Waals surface area contributed by atoms with Crippen molar-refractivity contribution in [2.45, 2.75) is 0 Å². The maximum Gasteiger partial charge on any atom is 0.257 e. The largest absolute Gasteiger partial charge is 0.397 e. The number of nitrogen functional groups attached to an aromatic ring is 1. The van der Waals surface area contributed by atoms with E-state index in [-0.39, 0.29) is 5.91 Å². The van der Waals surface area contributed by atoms with E-state index in [0.717, 1.165) is 4.47 Å². The number of para-hydroxylation sites is 1. The fourth-order valence-electron chi connectivity index (χ4n) is 1.53. The van der Waals surface area contributed by atoms with Crippen LogP contribution in [0.3, 0.4) is 0 Å². The molecule has 0 spiro atoms. The van der Waals surface area contributed by atoms with Gasteiger partial charge >= 0.3 is 0 Å². The van der Waals surface area contributed by atoms with Gasteiger partial charge in [-0.15, -0.1) is 0 Å². The van der Waals surface area contributed by atoms with Crippen molar-refractivity contribution in [2.24, 2.45) is 0 Å². The van der Waals surface area contributed by atoms with Crippen LogP contribution in [0.2, 0.25) is 10.0 Å². The first kappa shape index (κ1) is 14.2. The van der Waals surface area contributed by atoms with Gasteiger partial charge in [-0.3, -0.25) is 4.79 Å². The zero-order valence-corrected chi connectivity index (χ0v) is 12.7. The molecule has 0 aliphatic rings. The summed E-state index contributed by atoms with van der Waals surface area (Å²) in [4.78, 5) is 12.1. The number of halogens is 3. The summed E-state index contributed by atoms with van der Waals surface area (Å²) in [6.07, 6.45) is 0. The molecule has 1 amide bonds. The third-order valence-electron chi connectivity index (χ3n) is 2.46. The van der Waals surface area contributed by atoms with Gasteiger partial charge in [0.2, 0.25) is 0 Å². The molecule has 0 saturated heterocycles. The Kier molecular flexibility index (Phi) is 4.34. The van der Waals surface area contributed by atoms with E-state index in [0.29, 0.717) is 27.0 Å². The fraction of sp³-hybridized carbons (Fsp3) is 0. The van der Waals surface area contributed by atoms with Gasteiger partial charge in [0.1, 0.15) is 0 Å². The second-order valence-electron chi connectivity index (χ2n) is 3.78. The van der Waals surface area contributed by atoms with E-state index in [1.54, 1.807) is 36.4 Å². The maximum absolute atomic E-state index is 12.1. The molecule has 3 N–H and O–H groups in total. The number of hydrogen-bond donors (Lipinski definition) is 2. The highest BCUT2D eigenvalue weighted by atomic mass is 79.9. The highest BCUT2D eigenvalue weighted by molar-refractivity contribution is 9.10. The third-order valence-corrected chi connectivity index (χ3v) is 3.58. The van der Waals surface area contributed by atoms with Gasteiger partial charge < -0.3 is 11.1 Å². The molecule has 0 atom stereocenters. The van der Waals surface area contributed by atoms with E-state index in [2.05, 4.69) is 21.2 Å². The highest BCUT2D eigenvalue weighted by Crippen LogP contribution is 2.29. The van der Waals surface area contributed by atoms with Crippen molar-refractivity contribution in [2.75, 3.05) is 11.1 Å². The van der Waals surface area contributed by atoms with Crippen LogP contribution in [0, 0.1) is 0 Å². The van der Waals surface area contributed by atoms with Gasteiger partial charge in [-0.05, 0) is 30.3 Å². The number of hydrogen-bond acceptors (Lipinski definition) is 2. The molecule has 2 rings (SSSR count). The Morgan fingerprint density at radius 3 is 2.53 bits per heavy atom. The minimum Gasteiger partial charge on any atom is -0.397 e. The molecule has 0 heterocycles. The molecule has 2 aromatic carbocycles. The predicted molar refractivity (Wildman–Crippen MR) is 83.0 cm³/mol. The molecule has 0 aliphatic carbocycles. The molecule has 0 aromatic heterocycles. The number of rotatable bonds is 2. The molecule has 6 heteroatoms. The Morgan fingerprint density at radius 2 is 1.89 bits per heavy atom. The summed E-state index contributed by atoms with van der Waals surface area (Å²) in [6.45, 7) is 0. The van der Waals surface area contributed by atoms with Crippen molar-refractivity contribution < 1.29 is 4.79 Å². The standard InChI is InChI=1S/C13H9BrCl2N2O/c14-7-4-5-8(10(16)6-7)13(19)18-12-9(15)2-1-3-11(12)17/h1-6H,17H2,(H,18,19). The molecule has 0 radical (unpaired) electrons. The lowest BCUT2D eigenvalue weighted by Gasteiger charge is -2.10. The van der Waals surface area contributed by atoms with E-state index >= 15 is 0 Å². The van der Waals surface area contributed by atoms with Gasteiger partial charge in [0.15, 0.2) is 0 Å². The SMILES string of the molecule is Nc1cccc(Cl)c1NC(=O)c1ccc(Br)cc1Cl. The first-order chi connectivity index (χ1) is 8.99. The average molecular weight is 360 g/mol. The second kappa shape index (κ2) is 5.82. The summed E-state index contributed by atoms with van der Waals surface area (Å²) in [7, 11) is 0. The number of amides is 1. The normalized spacial score (nSPS) is 10.3. The first-order valence-corrected chi connectivity index (χ1v) is 6.84. The van der Waals surface area contributed by atoms with Crippen LogP contribution < -0.4 is 11.1 Å². The van der Waals surface area contributed by atoms with Crippen LogP contribution in [0.4, 0.5) is 11.4 Å². The summed E-state index contributed by atoms with van der Waals surface area (Å²) < 4.78 is 0.798. The Morgan fingerprint density at radius 1 is 1.16 bits per heavy atom. The van der Waals surface area contributed by atoms with Crippen LogP contribution in [0.5, 0.6) is 0 Å². The van der Waals surface area contributed by atoms with Gasteiger partial charge in [0, 0.05) is 4.47 Å². The maximum atomic E-state index is 12.1. The van der Waals surface area contributed by atoms with Crippen molar-refractivity contribution in [3.63, 3.8) is 0 Å². The lowest BCUT2D eigenvalue weighted by molar-refractivity contribution is 0.102. The zero-order chi connectivity index (χ0) is 14.0. The van der Waals surface area contributed by atoms with Gasteiger partial charge in [-0.1, -0.05) is 45.2 Å². The lowest BCUT2D eigenvalue weighted by Crippen LogP contribution is -2.14. The molecule has 0 fully saturated rings.